The first-order chi connectivity index (χ1) is 21.6. The molecular weight excluding hydrogens is 612 g/mol. The van der Waals surface area contributed by atoms with Crippen LogP contribution in [0.2, 0.25) is 5.02 Å². The predicted octanol–water partition coefficient (Wildman–Crippen LogP) is 7.31. The number of nitrogen functional groups attached to an aromatic ring is 1. The highest BCUT2D eigenvalue weighted by atomic mass is 35.5. The number of thiophene rings is 1. The molecule has 1 fully saturated rings. The number of benzene rings is 2. The molecule has 0 spiro atoms. The molecule has 2 aromatic heterocycles. The zero-order chi connectivity index (χ0) is 32.0. The van der Waals surface area contributed by atoms with Crippen molar-refractivity contribution in [1.29, 1.82) is 5.26 Å². The number of halogens is 3. The SMILES string of the molecule is C=C(/C=C/CN(C)C)N1CCC(N2CCCCc3c(Cl)c(-c4ccc(F)c5sc(N)c(C#N)c45)c(F)c4nc(CC)nc2c34)C1. The number of aryl methyl sites for hydroxylation is 2. The van der Waals surface area contributed by atoms with Crippen LogP contribution in [-0.2, 0) is 12.8 Å². The molecule has 0 aliphatic carbocycles. The topological polar surface area (TPSA) is 85.3 Å². The summed E-state index contributed by atoms with van der Waals surface area (Å²) in [6.07, 6.45) is 8.00. The summed E-state index contributed by atoms with van der Waals surface area (Å²) in [4.78, 5) is 16.5. The number of nitrogens with zero attached hydrogens (tertiary/aromatic N) is 6. The summed E-state index contributed by atoms with van der Waals surface area (Å²) >= 11 is 8.15. The number of hydrogen-bond acceptors (Lipinski definition) is 8. The Hall–Kier alpha value is -3.78. The predicted molar refractivity (Wildman–Crippen MR) is 181 cm³/mol. The molecule has 4 heterocycles. The van der Waals surface area contributed by atoms with Crippen molar-refractivity contribution in [2.24, 2.45) is 0 Å². The summed E-state index contributed by atoms with van der Waals surface area (Å²) in [7, 11) is 4.07. The third-order valence-corrected chi connectivity index (χ3v) is 10.2. The number of aromatic nitrogens is 2. The number of allylic oxidation sites excluding steroid dienone is 1. The second-order valence-corrected chi connectivity index (χ2v) is 13.4. The van der Waals surface area contributed by atoms with Crippen LogP contribution in [0.5, 0.6) is 0 Å². The van der Waals surface area contributed by atoms with Crippen molar-refractivity contribution in [3.63, 3.8) is 0 Å². The van der Waals surface area contributed by atoms with Crippen LogP contribution < -0.4 is 10.6 Å². The Morgan fingerprint density at radius 1 is 1.24 bits per heavy atom. The van der Waals surface area contributed by atoms with Gasteiger partial charge in [-0.05, 0) is 63.0 Å². The van der Waals surface area contributed by atoms with Crippen LogP contribution in [0.25, 0.3) is 32.1 Å². The van der Waals surface area contributed by atoms with Crippen molar-refractivity contribution < 1.29 is 8.78 Å². The molecule has 234 valence electrons. The van der Waals surface area contributed by atoms with Gasteiger partial charge in [0.1, 0.15) is 34.0 Å². The van der Waals surface area contributed by atoms with Gasteiger partial charge in [-0.2, -0.15) is 5.26 Å². The molecular formula is C34H36ClF2N7S. The first-order valence-corrected chi connectivity index (χ1v) is 16.5. The quantitative estimate of drug-likeness (QED) is 0.211. The van der Waals surface area contributed by atoms with Gasteiger partial charge >= 0.3 is 0 Å². The summed E-state index contributed by atoms with van der Waals surface area (Å²) in [6.45, 7) is 9.54. The van der Waals surface area contributed by atoms with E-state index >= 15 is 4.39 Å². The van der Waals surface area contributed by atoms with E-state index in [1.807, 2.05) is 21.0 Å². The van der Waals surface area contributed by atoms with Gasteiger partial charge in [-0.1, -0.05) is 37.2 Å². The van der Waals surface area contributed by atoms with Crippen LogP contribution in [0.4, 0.5) is 19.6 Å². The van der Waals surface area contributed by atoms with Crippen molar-refractivity contribution >= 4 is 54.7 Å². The lowest BCUT2D eigenvalue weighted by Gasteiger charge is -2.34. The highest BCUT2D eigenvalue weighted by Gasteiger charge is 2.34. The summed E-state index contributed by atoms with van der Waals surface area (Å²) in [5.74, 6) is 0.121. The summed E-state index contributed by atoms with van der Waals surface area (Å²) < 4.78 is 32.1. The van der Waals surface area contributed by atoms with Crippen molar-refractivity contribution in [3.05, 3.63) is 70.2 Å². The van der Waals surface area contributed by atoms with E-state index in [2.05, 4.69) is 39.5 Å². The van der Waals surface area contributed by atoms with Crippen LogP contribution in [0.1, 0.15) is 43.1 Å². The average molecular weight is 648 g/mol. The number of nitriles is 1. The Bertz CT molecular complexity index is 1890. The van der Waals surface area contributed by atoms with Gasteiger partial charge in [-0.15, -0.1) is 11.3 Å². The largest absolute Gasteiger partial charge is 0.389 e. The molecule has 1 unspecified atom stereocenters. The number of hydrogen-bond donors (Lipinski definition) is 1. The summed E-state index contributed by atoms with van der Waals surface area (Å²) in [5, 5.41) is 11.2. The molecule has 0 radical (unpaired) electrons. The molecule has 0 bridgehead atoms. The maximum absolute atomic E-state index is 17.0. The maximum Gasteiger partial charge on any atom is 0.158 e. The van der Waals surface area contributed by atoms with E-state index in [1.54, 1.807) is 0 Å². The number of anilines is 2. The van der Waals surface area contributed by atoms with E-state index in [9.17, 15) is 9.65 Å². The second kappa shape index (κ2) is 12.5. The molecule has 4 aromatic rings. The summed E-state index contributed by atoms with van der Waals surface area (Å²) in [6, 6.07) is 5.00. The number of nitrogens with two attached hydrogens (primary N) is 1. The highest BCUT2D eigenvalue weighted by molar-refractivity contribution is 7.23. The standard InChI is InChI=1S/C34H36ClF2N7S/c1-5-25-40-31-28-22(29(35)27(30(31)37)21-11-12-24(36)32-26(21)23(17-38)33(39)45-32)10-6-7-15-44(34(28)41-25)20-13-16-43(18-20)19(2)9-8-14-42(3)4/h8-9,11-12,20H,2,5-7,10,13-16,18,39H2,1,3-4H3/b9-8+. The lowest BCUT2D eigenvalue weighted by Crippen LogP contribution is -2.39. The normalized spacial score (nSPS) is 17.1. The van der Waals surface area contributed by atoms with E-state index in [1.165, 1.54) is 12.1 Å². The number of fused-ring (bicyclic) bond motifs is 1. The van der Waals surface area contributed by atoms with Crippen LogP contribution in [0.15, 0.2) is 36.6 Å². The minimum atomic E-state index is -0.605. The van der Waals surface area contributed by atoms with Gasteiger partial charge in [-0.25, -0.2) is 18.7 Å². The highest BCUT2D eigenvalue weighted by Crippen LogP contribution is 2.48. The molecule has 2 aromatic carbocycles. The molecule has 1 saturated heterocycles. The number of likely N-dealkylation sites (N-methyl/N-ethyl adjacent to an activating group) is 1. The van der Waals surface area contributed by atoms with Gasteiger partial charge in [0, 0.05) is 55.3 Å². The lowest BCUT2D eigenvalue weighted by molar-refractivity contribution is 0.426. The van der Waals surface area contributed by atoms with Crippen LogP contribution in [-0.4, -0.2) is 66.1 Å². The van der Waals surface area contributed by atoms with Crippen LogP contribution in [0, 0.1) is 23.0 Å². The molecule has 6 rings (SSSR count). The van der Waals surface area contributed by atoms with E-state index in [0.29, 0.717) is 35.4 Å². The molecule has 7 nitrogen and oxygen atoms in total. The van der Waals surface area contributed by atoms with Crippen molar-refractivity contribution in [3.8, 4) is 17.2 Å². The van der Waals surface area contributed by atoms with Gasteiger partial charge in [-0.3, -0.25) is 0 Å². The van der Waals surface area contributed by atoms with Gasteiger partial charge < -0.3 is 20.4 Å². The molecule has 0 amide bonds. The van der Waals surface area contributed by atoms with Gasteiger partial charge in [0.2, 0.25) is 0 Å². The molecule has 45 heavy (non-hydrogen) atoms. The van der Waals surface area contributed by atoms with Gasteiger partial charge in [0.25, 0.3) is 0 Å². The number of rotatable bonds is 7. The Balaban J connectivity index is 1.51. The molecule has 11 heteroatoms. The molecule has 1 atom stereocenters. The minimum Gasteiger partial charge on any atom is -0.389 e. The first-order valence-electron chi connectivity index (χ1n) is 15.3. The first kappa shape index (κ1) is 31.2. The molecule has 0 saturated carbocycles. The fraction of sp³-hybridized carbons (Fsp3) is 0.382. The lowest BCUT2D eigenvalue weighted by atomic mass is 9.91. The van der Waals surface area contributed by atoms with Gasteiger partial charge in [0.05, 0.1) is 20.7 Å². The molecule has 2 aliphatic rings. The van der Waals surface area contributed by atoms with Crippen LogP contribution in [0.3, 0.4) is 0 Å². The third kappa shape index (κ3) is 5.51. The van der Waals surface area contributed by atoms with Gasteiger partial charge in [0.15, 0.2) is 5.82 Å². The Kier molecular flexibility index (Phi) is 8.70. The second-order valence-electron chi connectivity index (χ2n) is 12.0. The smallest absolute Gasteiger partial charge is 0.158 e. The summed E-state index contributed by atoms with van der Waals surface area (Å²) in [5.41, 5.74) is 8.63. The fourth-order valence-electron chi connectivity index (χ4n) is 6.56. The van der Waals surface area contributed by atoms with E-state index < -0.39 is 11.6 Å². The Labute approximate surface area is 271 Å². The van der Waals surface area contributed by atoms with Crippen molar-refractivity contribution in [2.75, 3.05) is 50.9 Å². The number of likely N-dealkylation sites (tertiary alicyclic amines) is 1. The van der Waals surface area contributed by atoms with E-state index in [-0.39, 0.29) is 42.8 Å². The Morgan fingerprint density at radius 3 is 2.78 bits per heavy atom. The van der Waals surface area contributed by atoms with E-state index in [0.717, 1.165) is 68.0 Å². The van der Waals surface area contributed by atoms with Crippen molar-refractivity contribution in [1.82, 2.24) is 19.8 Å². The Morgan fingerprint density at radius 2 is 2.04 bits per heavy atom. The monoisotopic (exact) mass is 647 g/mol. The molecule has 2 aliphatic heterocycles. The minimum absolute atomic E-state index is 0.116. The average Bonchev–Trinajstić information content (AvgIpc) is 3.63. The van der Waals surface area contributed by atoms with Crippen molar-refractivity contribution in [2.45, 2.75) is 45.1 Å². The third-order valence-electron chi connectivity index (χ3n) is 8.80. The van der Waals surface area contributed by atoms with Crippen LogP contribution >= 0.6 is 22.9 Å². The van der Waals surface area contributed by atoms with E-state index in [4.69, 9.17) is 27.3 Å². The maximum atomic E-state index is 17.0. The zero-order valence-electron chi connectivity index (χ0n) is 25.8. The fourth-order valence-corrected chi connectivity index (χ4v) is 7.88. The zero-order valence-corrected chi connectivity index (χ0v) is 27.3. The molecule has 2 N–H and O–H groups in total.